The molecular weight excluding hydrogens is 337 g/mol. The minimum Gasteiger partial charge on any atom is -0.463 e. The third kappa shape index (κ3) is 6.60. The summed E-state index contributed by atoms with van der Waals surface area (Å²) in [5.41, 5.74) is 0.589. The predicted molar refractivity (Wildman–Crippen MR) is 77.6 cm³/mol. The number of esters is 1. The maximum Gasteiger partial charge on any atom is 0.452 e. The second-order valence-electron chi connectivity index (χ2n) is 4.11. The summed E-state index contributed by atoms with van der Waals surface area (Å²) in [7, 11) is 0. The molecule has 0 aromatic heterocycles. The van der Waals surface area contributed by atoms with E-state index in [1.165, 1.54) is 24.3 Å². The lowest BCUT2D eigenvalue weighted by Gasteiger charge is -2.02. The zero-order valence-corrected chi connectivity index (χ0v) is 12.7. The molecule has 5 nitrogen and oxygen atoms in total. The first-order valence-corrected chi connectivity index (χ1v) is 6.73. The topological polar surface area (TPSA) is 68.1 Å². The van der Waals surface area contributed by atoms with Crippen LogP contribution in [-0.2, 0) is 14.3 Å². The standard InChI is InChI=1S/C14H12ClF3N2O3/c1-2-23-13(22)6-3-9-7-10(4-5-11(9)15)20-19-8-12(21)14(16,17)18/h3-7H,2,8H2,1H3. The molecule has 1 rings (SSSR count). The largest absolute Gasteiger partial charge is 0.463 e. The van der Waals surface area contributed by atoms with Gasteiger partial charge in [0.25, 0.3) is 5.78 Å². The quantitative estimate of drug-likeness (QED) is 0.441. The van der Waals surface area contributed by atoms with Gasteiger partial charge in [0.15, 0.2) is 0 Å². The molecule has 0 heterocycles. The van der Waals surface area contributed by atoms with E-state index >= 15 is 0 Å². The highest BCUT2D eigenvalue weighted by molar-refractivity contribution is 6.32. The van der Waals surface area contributed by atoms with E-state index in [4.69, 9.17) is 16.3 Å². The zero-order chi connectivity index (χ0) is 17.5. The van der Waals surface area contributed by atoms with Crippen LogP contribution in [-0.4, -0.2) is 31.1 Å². The van der Waals surface area contributed by atoms with E-state index in [-0.39, 0.29) is 12.3 Å². The number of azo groups is 1. The highest BCUT2D eigenvalue weighted by atomic mass is 35.5. The molecule has 23 heavy (non-hydrogen) atoms. The molecule has 124 valence electrons. The summed E-state index contributed by atoms with van der Waals surface area (Å²) >= 11 is 5.92. The van der Waals surface area contributed by atoms with Gasteiger partial charge in [0, 0.05) is 11.1 Å². The van der Waals surface area contributed by atoms with E-state index in [0.29, 0.717) is 10.6 Å². The number of halogens is 4. The van der Waals surface area contributed by atoms with Crippen molar-refractivity contribution in [2.75, 3.05) is 13.2 Å². The molecule has 0 N–H and O–H groups in total. The van der Waals surface area contributed by atoms with Crippen molar-refractivity contribution in [2.24, 2.45) is 10.2 Å². The Balaban J connectivity index is 2.81. The lowest BCUT2D eigenvalue weighted by Crippen LogP contribution is -2.24. The molecule has 0 unspecified atom stereocenters. The lowest BCUT2D eigenvalue weighted by atomic mass is 10.2. The highest BCUT2D eigenvalue weighted by Crippen LogP contribution is 2.24. The average Bonchev–Trinajstić information content (AvgIpc) is 2.46. The van der Waals surface area contributed by atoms with E-state index in [1.807, 2.05) is 0 Å². The summed E-state index contributed by atoms with van der Waals surface area (Å²) in [6.45, 7) is 0.778. The van der Waals surface area contributed by atoms with E-state index in [0.717, 1.165) is 6.08 Å². The average molecular weight is 349 g/mol. The van der Waals surface area contributed by atoms with Crippen molar-refractivity contribution in [3.05, 3.63) is 34.9 Å². The third-order valence-electron chi connectivity index (χ3n) is 2.38. The molecule has 0 spiro atoms. The van der Waals surface area contributed by atoms with Gasteiger partial charge in [-0.1, -0.05) is 11.6 Å². The number of ketones is 1. The summed E-state index contributed by atoms with van der Waals surface area (Å²) in [5.74, 6) is -2.55. The number of benzene rings is 1. The monoisotopic (exact) mass is 348 g/mol. The van der Waals surface area contributed by atoms with Gasteiger partial charge in [-0.05, 0) is 36.8 Å². The van der Waals surface area contributed by atoms with Gasteiger partial charge in [-0.3, -0.25) is 4.79 Å². The highest BCUT2D eigenvalue weighted by Gasteiger charge is 2.37. The first-order chi connectivity index (χ1) is 10.7. The van der Waals surface area contributed by atoms with Crippen molar-refractivity contribution in [3.63, 3.8) is 0 Å². The van der Waals surface area contributed by atoms with E-state index in [2.05, 4.69) is 10.2 Å². The summed E-state index contributed by atoms with van der Waals surface area (Å²) in [4.78, 5) is 21.9. The number of carbonyl (C=O) groups excluding carboxylic acids is 2. The van der Waals surface area contributed by atoms with E-state index in [1.54, 1.807) is 6.92 Å². The minimum atomic E-state index is -4.94. The fourth-order valence-corrected chi connectivity index (χ4v) is 1.52. The fraction of sp³-hybridized carbons (Fsp3) is 0.286. The number of alkyl halides is 3. The van der Waals surface area contributed by atoms with Crippen LogP contribution in [0.3, 0.4) is 0 Å². The van der Waals surface area contributed by atoms with Gasteiger partial charge in [-0.15, -0.1) is 0 Å². The van der Waals surface area contributed by atoms with Crippen LogP contribution in [0.25, 0.3) is 6.08 Å². The van der Waals surface area contributed by atoms with Crippen molar-refractivity contribution in [1.29, 1.82) is 0 Å². The van der Waals surface area contributed by atoms with Gasteiger partial charge < -0.3 is 4.74 Å². The number of nitrogens with zero attached hydrogens (tertiary/aromatic N) is 2. The predicted octanol–water partition coefficient (Wildman–Crippen LogP) is 4.13. The molecule has 0 bridgehead atoms. The van der Waals surface area contributed by atoms with Crippen molar-refractivity contribution in [2.45, 2.75) is 13.1 Å². The molecular formula is C14H12ClF3N2O3. The molecule has 0 aliphatic heterocycles. The van der Waals surface area contributed by atoms with Crippen molar-refractivity contribution < 1.29 is 27.5 Å². The number of hydrogen-bond donors (Lipinski definition) is 0. The minimum absolute atomic E-state index is 0.188. The Morgan fingerprint density at radius 2 is 2.04 bits per heavy atom. The van der Waals surface area contributed by atoms with Crippen molar-refractivity contribution >= 4 is 35.1 Å². The Bertz CT molecular complexity index is 643. The van der Waals surface area contributed by atoms with Crippen LogP contribution < -0.4 is 0 Å². The van der Waals surface area contributed by atoms with Crippen LogP contribution in [0.5, 0.6) is 0 Å². The Labute approximate surface area is 134 Å². The smallest absolute Gasteiger partial charge is 0.452 e. The summed E-state index contributed by atoms with van der Waals surface area (Å²) < 4.78 is 40.7. The number of Topliss-reactive ketones (excluding diaryl/α,β-unsaturated/α-hetero) is 1. The number of carbonyl (C=O) groups is 2. The number of ether oxygens (including phenoxy) is 1. The van der Waals surface area contributed by atoms with Crippen LogP contribution in [0.2, 0.25) is 5.02 Å². The summed E-state index contributed by atoms with van der Waals surface area (Å²) in [5, 5.41) is 7.02. The maximum absolute atomic E-state index is 12.0. The normalized spacial score (nSPS) is 12.0. The molecule has 0 aliphatic rings. The second-order valence-corrected chi connectivity index (χ2v) is 4.52. The molecule has 0 radical (unpaired) electrons. The van der Waals surface area contributed by atoms with Crippen LogP contribution in [0.4, 0.5) is 18.9 Å². The second kappa shape index (κ2) is 8.42. The van der Waals surface area contributed by atoms with Gasteiger partial charge in [0.2, 0.25) is 0 Å². The van der Waals surface area contributed by atoms with Crippen LogP contribution in [0, 0.1) is 0 Å². The maximum atomic E-state index is 12.0. The van der Waals surface area contributed by atoms with Gasteiger partial charge in [0.1, 0.15) is 6.54 Å². The molecule has 9 heteroatoms. The third-order valence-corrected chi connectivity index (χ3v) is 2.73. The molecule has 0 fully saturated rings. The molecule has 0 amide bonds. The molecule has 0 saturated carbocycles. The van der Waals surface area contributed by atoms with E-state index < -0.39 is 24.5 Å². The summed E-state index contributed by atoms with van der Waals surface area (Å²) in [6.07, 6.45) is -2.41. The van der Waals surface area contributed by atoms with Crippen molar-refractivity contribution in [3.8, 4) is 0 Å². The Hall–Kier alpha value is -2.22. The fourth-order valence-electron chi connectivity index (χ4n) is 1.34. The number of hydrogen-bond acceptors (Lipinski definition) is 5. The first-order valence-electron chi connectivity index (χ1n) is 6.36. The zero-order valence-electron chi connectivity index (χ0n) is 11.9. The van der Waals surface area contributed by atoms with Gasteiger partial charge in [-0.2, -0.15) is 23.4 Å². The first kappa shape index (κ1) is 18.8. The van der Waals surface area contributed by atoms with Crippen LogP contribution in [0.15, 0.2) is 34.5 Å². The number of rotatable bonds is 6. The molecule has 1 aromatic rings. The van der Waals surface area contributed by atoms with E-state index in [9.17, 15) is 22.8 Å². The molecule has 1 aromatic carbocycles. The summed E-state index contributed by atoms with van der Waals surface area (Å²) in [6, 6.07) is 4.25. The lowest BCUT2D eigenvalue weighted by molar-refractivity contribution is -0.169. The Morgan fingerprint density at radius 1 is 1.35 bits per heavy atom. The Morgan fingerprint density at radius 3 is 2.65 bits per heavy atom. The molecule has 0 atom stereocenters. The Kier molecular flexibility index (Phi) is 6.89. The van der Waals surface area contributed by atoms with Gasteiger partial charge >= 0.3 is 12.1 Å². The van der Waals surface area contributed by atoms with Gasteiger partial charge in [-0.25, -0.2) is 4.79 Å². The van der Waals surface area contributed by atoms with Crippen LogP contribution in [0.1, 0.15) is 12.5 Å². The van der Waals surface area contributed by atoms with Crippen LogP contribution >= 0.6 is 11.6 Å². The SMILES string of the molecule is CCOC(=O)C=Cc1cc(N=NCC(=O)C(F)(F)F)ccc1Cl. The molecule has 0 saturated heterocycles. The molecule has 0 aliphatic carbocycles. The van der Waals surface area contributed by atoms with Gasteiger partial charge in [0.05, 0.1) is 12.3 Å². The van der Waals surface area contributed by atoms with Crippen molar-refractivity contribution in [1.82, 2.24) is 0 Å².